The number of carbonyl (C=O) groups excluding carboxylic acids is 1. The highest BCUT2D eigenvalue weighted by Crippen LogP contribution is 2.19. The molecule has 1 amide bonds. The van der Waals surface area contributed by atoms with Gasteiger partial charge in [0.15, 0.2) is 0 Å². The quantitative estimate of drug-likeness (QED) is 0.690. The summed E-state index contributed by atoms with van der Waals surface area (Å²) < 4.78 is 19.4. The van der Waals surface area contributed by atoms with E-state index < -0.39 is 11.7 Å². The molecule has 0 aliphatic carbocycles. The first-order valence-electron chi connectivity index (χ1n) is 6.57. The Kier molecular flexibility index (Phi) is 4.39. The van der Waals surface area contributed by atoms with Gasteiger partial charge in [-0.25, -0.2) is 13.7 Å². The molecule has 0 aliphatic heterocycles. The first-order chi connectivity index (χ1) is 11.0. The van der Waals surface area contributed by atoms with Crippen molar-refractivity contribution in [2.75, 3.05) is 5.32 Å². The van der Waals surface area contributed by atoms with Crippen LogP contribution in [-0.4, -0.2) is 25.0 Å². The minimum atomic E-state index is -0.519. The van der Waals surface area contributed by atoms with Crippen LogP contribution in [0.25, 0.3) is 0 Å². The summed E-state index contributed by atoms with van der Waals surface area (Å²) in [6, 6.07) is 8.10. The van der Waals surface area contributed by atoms with Crippen LogP contribution in [-0.2, 0) is 11.3 Å². The van der Waals surface area contributed by atoms with E-state index >= 15 is 0 Å². The number of nitrogens with zero attached hydrogens (tertiary/aromatic N) is 4. The van der Waals surface area contributed by atoms with Gasteiger partial charge in [-0.15, -0.1) is 0 Å². The van der Waals surface area contributed by atoms with Crippen molar-refractivity contribution in [2.24, 2.45) is 0 Å². The summed E-state index contributed by atoms with van der Waals surface area (Å²) in [5.41, 5.74) is 0.106. The monoisotopic (exact) mass is 395 g/mol. The van der Waals surface area contributed by atoms with E-state index in [0.29, 0.717) is 9.24 Å². The molecule has 2 heterocycles. The van der Waals surface area contributed by atoms with E-state index in [-0.39, 0.29) is 12.2 Å². The van der Waals surface area contributed by atoms with Gasteiger partial charge in [-0.2, -0.15) is 5.10 Å². The second kappa shape index (κ2) is 6.47. The lowest BCUT2D eigenvalue weighted by molar-refractivity contribution is -0.117. The van der Waals surface area contributed by atoms with Crippen LogP contribution < -0.4 is 5.32 Å². The molecule has 0 unspecified atom stereocenters. The lowest BCUT2D eigenvalue weighted by Gasteiger charge is -2.07. The zero-order chi connectivity index (χ0) is 16.4. The molecule has 23 heavy (non-hydrogen) atoms. The SMILES string of the molecule is O=C(Cn1ncn(-n2cccc2)c1=S)Nc1ccc(Br)cc1F. The predicted molar refractivity (Wildman–Crippen MR) is 89.0 cm³/mol. The van der Waals surface area contributed by atoms with Gasteiger partial charge in [0.2, 0.25) is 10.7 Å². The summed E-state index contributed by atoms with van der Waals surface area (Å²) in [6.07, 6.45) is 5.12. The van der Waals surface area contributed by atoms with Gasteiger partial charge in [0.05, 0.1) is 5.69 Å². The van der Waals surface area contributed by atoms with Crippen molar-refractivity contribution in [3.8, 4) is 0 Å². The second-order valence-corrected chi connectivity index (χ2v) is 5.93. The van der Waals surface area contributed by atoms with Gasteiger partial charge in [-0.1, -0.05) is 15.9 Å². The lowest BCUT2D eigenvalue weighted by atomic mass is 10.3. The fourth-order valence-electron chi connectivity index (χ4n) is 1.98. The summed E-state index contributed by atoms with van der Waals surface area (Å²) in [5, 5.41) is 6.58. The largest absolute Gasteiger partial charge is 0.322 e. The van der Waals surface area contributed by atoms with Crippen LogP contribution in [0.2, 0.25) is 0 Å². The van der Waals surface area contributed by atoms with E-state index in [1.807, 2.05) is 12.1 Å². The number of carbonyl (C=O) groups is 1. The molecule has 0 atom stereocenters. The number of hydrogen-bond acceptors (Lipinski definition) is 3. The van der Waals surface area contributed by atoms with Gasteiger partial charge >= 0.3 is 0 Å². The fourth-order valence-corrected chi connectivity index (χ4v) is 2.57. The van der Waals surface area contributed by atoms with Crippen LogP contribution in [0.4, 0.5) is 10.1 Å². The first kappa shape index (κ1) is 15.6. The minimum absolute atomic E-state index is 0.106. The summed E-state index contributed by atoms with van der Waals surface area (Å²) in [4.78, 5) is 12.1. The Morgan fingerprint density at radius 2 is 2.09 bits per heavy atom. The van der Waals surface area contributed by atoms with Crippen LogP contribution in [0.15, 0.2) is 53.5 Å². The van der Waals surface area contributed by atoms with E-state index in [2.05, 4.69) is 26.3 Å². The lowest BCUT2D eigenvalue weighted by Crippen LogP contribution is -2.20. The van der Waals surface area contributed by atoms with Crippen LogP contribution in [0, 0.1) is 10.6 Å². The van der Waals surface area contributed by atoms with E-state index in [1.54, 1.807) is 27.8 Å². The smallest absolute Gasteiger partial charge is 0.246 e. The van der Waals surface area contributed by atoms with E-state index in [9.17, 15) is 9.18 Å². The van der Waals surface area contributed by atoms with Crippen molar-refractivity contribution in [1.29, 1.82) is 0 Å². The number of nitrogens with one attached hydrogen (secondary N) is 1. The number of anilines is 1. The van der Waals surface area contributed by atoms with Crippen LogP contribution in [0.5, 0.6) is 0 Å². The number of benzene rings is 1. The third-order valence-corrected chi connectivity index (χ3v) is 3.94. The Morgan fingerprint density at radius 3 is 2.78 bits per heavy atom. The molecule has 0 aliphatic rings. The van der Waals surface area contributed by atoms with Gasteiger partial charge in [-0.05, 0) is 42.5 Å². The molecule has 0 saturated carbocycles. The highest BCUT2D eigenvalue weighted by Gasteiger charge is 2.10. The fraction of sp³-hybridized carbons (Fsp3) is 0.0714. The topological polar surface area (TPSA) is 56.8 Å². The molecular formula is C14H11BrFN5OS. The van der Waals surface area contributed by atoms with E-state index in [4.69, 9.17) is 12.2 Å². The summed E-state index contributed by atoms with van der Waals surface area (Å²) >= 11 is 8.44. The normalized spacial score (nSPS) is 10.7. The Morgan fingerprint density at radius 1 is 1.35 bits per heavy atom. The van der Waals surface area contributed by atoms with Gasteiger partial charge < -0.3 is 5.32 Å². The van der Waals surface area contributed by atoms with Gasteiger partial charge in [0, 0.05) is 16.9 Å². The van der Waals surface area contributed by atoms with Gasteiger partial charge in [0.25, 0.3) is 0 Å². The standard InChI is InChI=1S/C14H11BrFN5OS/c15-10-3-4-12(11(16)7-10)18-13(22)8-20-14(23)21(9-17-20)19-5-1-2-6-19/h1-7,9H,8H2,(H,18,22). The maximum atomic E-state index is 13.7. The molecule has 3 aromatic rings. The summed E-state index contributed by atoms with van der Waals surface area (Å²) in [5.74, 6) is -0.936. The second-order valence-electron chi connectivity index (χ2n) is 4.65. The highest BCUT2D eigenvalue weighted by molar-refractivity contribution is 9.10. The van der Waals surface area contributed by atoms with Crippen LogP contribution >= 0.6 is 28.1 Å². The molecule has 2 aromatic heterocycles. The number of aromatic nitrogens is 4. The van der Waals surface area contributed by atoms with Crippen molar-refractivity contribution >= 4 is 39.7 Å². The average Bonchev–Trinajstić information content (AvgIpc) is 3.13. The first-order valence-corrected chi connectivity index (χ1v) is 7.78. The highest BCUT2D eigenvalue weighted by atomic mass is 79.9. The predicted octanol–water partition coefficient (Wildman–Crippen LogP) is 3.07. The van der Waals surface area contributed by atoms with Gasteiger partial charge in [0.1, 0.15) is 18.7 Å². The van der Waals surface area contributed by atoms with Crippen molar-refractivity contribution in [1.82, 2.24) is 19.1 Å². The molecule has 1 N–H and O–H groups in total. The third kappa shape index (κ3) is 3.40. The van der Waals surface area contributed by atoms with Crippen molar-refractivity contribution in [3.05, 3.63) is 64.1 Å². The molecule has 3 rings (SSSR count). The molecule has 1 aromatic carbocycles. The van der Waals surface area contributed by atoms with Gasteiger partial charge in [-0.3, -0.25) is 9.47 Å². The van der Waals surface area contributed by atoms with Crippen molar-refractivity contribution < 1.29 is 9.18 Å². The Hall–Kier alpha value is -2.26. The maximum absolute atomic E-state index is 13.7. The molecule has 0 spiro atoms. The van der Waals surface area contributed by atoms with Crippen molar-refractivity contribution in [2.45, 2.75) is 6.54 Å². The molecule has 0 saturated heterocycles. The number of amides is 1. The minimum Gasteiger partial charge on any atom is -0.322 e. The Labute approximate surface area is 144 Å². The molecule has 0 bridgehead atoms. The van der Waals surface area contributed by atoms with E-state index in [0.717, 1.165) is 0 Å². The molecular weight excluding hydrogens is 385 g/mol. The Bertz CT molecular complexity index is 902. The maximum Gasteiger partial charge on any atom is 0.246 e. The van der Waals surface area contributed by atoms with Crippen molar-refractivity contribution in [3.63, 3.8) is 0 Å². The van der Waals surface area contributed by atoms with Crippen LogP contribution in [0.3, 0.4) is 0 Å². The zero-order valence-electron chi connectivity index (χ0n) is 11.7. The van der Waals surface area contributed by atoms with E-state index in [1.165, 1.54) is 23.1 Å². The average molecular weight is 396 g/mol. The molecule has 118 valence electrons. The zero-order valence-corrected chi connectivity index (χ0v) is 14.1. The number of rotatable bonds is 4. The Balaban J connectivity index is 1.75. The molecule has 0 radical (unpaired) electrons. The molecule has 0 fully saturated rings. The summed E-state index contributed by atoms with van der Waals surface area (Å²) in [6.45, 7) is -0.109. The molecule has 6 nitrogen and oxygen atoms in total. The molecule has 9 heteroatoms. The summed E-state index contributed by atoms with van der Waals surface area (Å²) in [7, 11) is 0. The number of hydrogen-bond donors (Lipinski definition) is 1. The number of halogens is 2. The van der Waals surface area contributed by atoms with Crippen LogP contribution in [0.1, 0.15) is 0 Å². The third-order valence-electron chi connectivity index (χ3n) is 3.05.